The van der Waals surface area contributed by atoms with Crippen molar-refractivity contribution in [2.75, 3.05) is 16.8 Å². The molecular weight excluding hydrogens is 483 g/mol. The molecule has 4 rings (SSSR count). The van der Waals surface area contributed by atoms with Crippen LogP contribution in [0.5, 0.6) is 5.75 Å². The second kappa shape index (κ2) is 10.2. The van der Waals surface area contributed by atoms with Crippen molar-refractivity contribution >= 4 is 69.2 Å². The van der Waals surface area contributed by atoms with Gasteiger partial charge in [-0.05, 0) is 66.2 Å². The summed E-state index contributed by atoms with van der Waals surface area (Å²) in [6.07, 6.45) is 1.70. The van der Waals surface area contributed by atoms with Crippen molar-refractivity contribution in [1.82, 2.24) is 0 Å². The van der Waals surface area contributed by atoms with E-state index in [1.165, 1.54) is 29.2 Å². The fraction of sp³-hybridized carbons (Fsp3) is 0.0417. The second-order valence-electron chi connectivity index (χ2n) is 6.91. The molecule has 0 radical (unpaired) electrons. The predicted molar refractivity (Wildman–Crippen MR) is 134 cm³/mol. The largest absolute Gasteiger partial charge is 0.484 e. The summed E-state index contributed by atoms with van der Waals surface area (Å²) in [6.45, 7) is -0.192. The van der Waals surface area contributed by atoms with Crippen LogP contribution >= 0.6 is 35.6 Å². The minimum absolute atomic E-state index is 0.192. The number of anilines is 2. The first-order valence-electron chi connectivity index (χ1n) is 9.71. The molecule has 0 atom stereocenters. The Morgan fingerprint density at radius 3 is 2.64 bits per heavy atom. The van der Waals surface area contributed by atoms with Crippen LogP contribution in [0.25, 0.3) is 6.08 Å². The summed E-state index contributed by atoms with van der Waals surface area (Å²) in [5, 5.41) is 3.23. The molecule has 0 bridgehead atoms. The lowest BCUT2D eigenvalue weighted by Gasteiger charge is -2.14. The molecule has 0 saturated carbocycles. The maximum absolute atomic E-state index is 13.2. The van der Waals surface area contributed by atoms with E-state index in [1.807, 2.05) is 6.07 Å². The zero-order valence-electron chi connectivity index (χ0n) is 17.0. The van der Waals surface area contributed by atoms with Gasteiger partial charge in [-0.1, -0.05) is 53.8 Å². The number of carbonyl (C=O) groups is 2. The number of nitrogens with zero attached hydrogens (tertiary/aromatic N) is 1. The Morgan fingerprint density at radius 1 is 1.12 bits per heavy atom. The van der Waals surface area contributed by atoms with Crippen molar-refractivity contribution in [1.29, 1.82) is 0 Å². The summed E-state index contributed by atoms with van der Waals surface area (Å²) >= 11 is 12.4. The topological polar surface area (TPSA) is 58.6 Å². The maximum Gasteiger partial charge on any atom is 0.270 e. The third-order valence-corrected chi connectivity index (χ3v) is 6.05. The van der Waals surface area contributed by atoms with E-state index in [0.29, 0.717) is 36.9 Å². The Labute approximate surface area is 204 Å². The average molecular weight is 499 g/mol. The number of thiocarbonyl (C=S) groups is 1. The number of amides is 2. The van der Waals surface area contributed by atoms with Gasteiger partial charge in [0.05, 0.1) is 10.6 Å². The number of thioether (sulfide) groups is 1. The van der Waals surface area contributed by atoms with Gasteiger partial charge in [0.15, 0.2) is 10.9 Å². The van der Waals surface area contributed by atoms with Crippen LogP contribution in [-0.2, 0) is 9.59 Å². The van der Waals surface area contributed by atoms with E-state index in [-0.39, 0.29) is 18.4 Å². The molecule has 3 aromatic rings. The van der Waals surface area contributed by atoms with Crippen molar-refractivity contribution in [3.05, 3.63) is 94.1 Å². The van der Waals surface area contributed by atoms with E-state index in [2.05, 4.69) is 5.32 Å². The van der Waals surface area contributed by atoms with Crippen LogP contribution in [0.15, 0.2) is 77.7 Å². The molecule has 33 heavy (non-hydrogen) atoms. The predicted octanol–water partition coefficient (Wildman–Crippen LogP) is 5.90. The number of halogens is 2. The first-order chi connectivity index (χ1) is 15.9. The van der Waals surface area contributed by atoms with Gasteiger partial charge >= 0.3 is 0 Å². The highest BCUT2D eigenvalue weighted by atomic mass is 35.5. The van der Waals surface area contributed by atoms with Gasteiger partial charge in [-0.25, -0.2) is 4.39 Å². The fourth-order valence-electron chi connectivity index (χ4n) is 3.04. The van der Waals surface area contributed by atoms with Crippen molar-refractivity contribution in [3.8, 4) is 5.75 Å². The minimum Gasteiger partial charge on any atom is -0.484 e. The van der Waals surface area contributed by atoms with Crippen molar-refractivity contribution in [3.63, 3.8) is 0 Å². The number of hydrogen-bond acceptors (Lipinski definition) is 5. The molecule has 1 N–H and O–H groups in total. The minimum atomic E-state index is -0.391. The number of carbonyl (C=O) groups excluding carboxylic acids is 2. The summed E-state index contributed by atoms with van der Waals surface area (Å²) in [7, 11) is 0. The average Bonchev–Trinajstić information content (AvgIpc) is 3.06. The molecule has 1 fully saturated rings. The maximum atomic E-state index is 13.2. The zero-order valence-corrected chi connectivity index (χ0v) is 19.3. The highest BCUT2D eigenvalue weighted by molar-refractivity contribution is 8.27. The highest BCUT2D eigenvalue weighted by Crippen LogP contribution is 2.36. The quantitative estimate of drug-likeness (QED) is 0.338. The third kappa shape index (κ3) is 5.78. The summed E-state index contributed by atoms with van der Waals surface area (Å²) < 4.78 is 19.2. The monoisotopic (exact) mass is 498 g/mol. The number of ether oxygens (including phenoxy) is 1. The molecule has 1 aliphatic heterocycles. The van der Waals surface area contributed by atoms with E-state index in [4.69, 9.17) is 28.6 Å². The van der Waals surface area contributed by atoms with Gasteiger partial charge in [0.2, 0.25) is 0 Å². The lowest BCUT2D eigenvalue weighted by molar-refractivity contribution is -0.118. The van der Waals surface area contributed by atoms with Gasteiger partial charge in [-0.15, -0.1) is 0 Å². The molecule has 9 heteroatoms. The molecule has 2 amide bonds. The van der Waals surface area contributed by atoms with Crippen LogP contribution < -0.4 is 15.0 Å². The van der Waals surface area contributed by atoms with E-state index in [1.54, 1.807) is 48.5 Å². The highest BCUT2D eigenvalue weighted by Gasteiger charge is 2.33. The molecule has 0 aromatic heterocycles. The Morgan fingerprint density at radius 2 is 1.88 bits per heavy atom. The molecule has 3 aromatic carbocycles. The van der Waals surface area contributed by atoms with Crippen LogP contribution in [-0.4, -0.2) is 22.7 Å². The molecule has 5 nitrogen and oxygen atoms in total. The van der Waals surface area contributed by atoms with Crippen LogP contribution in [0.1, 0.15) is 5.56 Å². The molecular formula is C24H16ClFN2O3S2. The first-order valence-corrected chi connectivity index (χ1v) is 11.3. The fourth-order valence-corrected chi connectivity index (χ4v) is 4.53. The van der Waals surface area contributed by atoms with Crippen molar-refractivity contribution < 1.29 is 18.7 Å². The van der Waals surface area contributed by atoms with Gasteiger partial charge in [0.1, 0.15) is 11.6 Å². The Kier molecular flexibility index (Phi) is 7.08. The van der Waals surface area contributed by atoms with Gasteiger partial charge in [0.25, 0.3) is 11.8 Å². The SMILES string of the molecule is O=C(COc1cccc(/C=C2\SC(=S)N(c3ccc(F)cc3)C2=O)c1)Nc1cccc(Cl)c1. The Hall–Kier alpha value is -3.20. The van der Waals surface area contributed by atoms with Crippen LogP contribution in [0.4, 0.5) is 15.8 Å². The summed E-state index contributed by atoms with van der Waals surface area (Å²) in [6, 6.07) is 19.4. The van der Waals surface area contributed by atoms with Gasteiger partial charge in [0, 0.05) is 10.7 Å². The summed E-state index contributed by atoms with van der Waals surface area (Å²) in [5.41, 5.74) is 1.79. The molecule has 0 spiro atoms. The standard InChI is InChI=1S/C24H16ClFN2O3S2/c25-16-4-2-5-18(13-16)27-22(29)14-31-20-6-1-3-15(11-20)12-21-23(30)28(24(32)33-21)19-9-7-17(26)8-10-19/h1-13H,14H2,(H,27,29)/b21-12-. The second-order valence-corrected chi connectivity index (χ2v) is 9.03. The van der Waals surface area contributed by atoms with E-state index < -0.39 is 5.82 Å². The van der Waals surface area contributed by atoms with Crippen molar-refractivity contribution in [2.24, 2.45) is 0 Å². The summed E-state index contributed by atoms with van der Waals surface area (Å²) in [4.78, 5) is 26.8. The zero-order chi connectivity index (χ0) is 23.4. The van der Waals surface area contributed by atoms with Crippen molar-refractivity contribution in [2.45, 2.75) is 0 Å². The van der Waals surface area contributed by atoms with E-state index in [0.717, 1.165) is 11.8 Å². The normalized spacial score (nSPS) is 14.6. The molecule has 1 saturated heterocycles. The number of benzene rings is 3. The third-order valence-electron chi connectivity index (χ3n) is 4.51. The van der Waals surface area contributed by atoms with Gasteiger partial charge < -0.3 is 10.1 Å². The lowest BCUT2D eigenvalue weighted by atomic mass is 10.2. The molecule has 0 aliphatic carbocycles. The van der Waals surface area contributed by atoms with Crippen LogP contribution in [0.3, 0.4) is 0 Å². The Bertz CT molecular complexity index is 1260. The smallest absolute Gasteiger partial charge is 0.270 e. The molecule has 1 heterocycles. The first kappa shape index (κ1) is 23.0. The Balaban J connectivity index is 1.42. The number of hydrogen-bond donors (Lipinski definition) is 1. The number of rotatable bonds is 6. The van der Waals surface area contributed by atoms with Gasteiger partial charge in [-0.3, -0.25) is 14.5 Å². The van der Waals surface area contributed by atoms with E-state index >= 15 is 0 Å². The van der Waals surface area contributed by atoms with Gasteiger partial charge in [-0.2, -0.15) is 0 Å². The molecule has 1 aliphatic rings. The number of nitrogens with one attached hydrogen (secondary N) is 1. The van der Waals surface area contributed by atoms with E-state index in [9.17, 15) is 14.0 Å². The lowest BCUT2D eigenvalue weighted by Crippen LogP contribution is -2.27. The van der Waals surface area contributed by atoms with Crippen LogP contribution in [0.2, 0.25) is 5.02 Å². The summed E-state index contributed by atoms with van der Waals surface area (Å²) in [5.74, 6) is -0.538. The molecule has 166 valence electrons. The van der Waals surface area contributed by atoms with Crippen LogP contribution in [0, 0.1) is 5.82 Å². The molecule has 0 unspecified atom stereocenters.